The molecule has 1 aliphatic carbocycles. The smallest absolute Gasteiger partial charge is 0.114 e. The van der Waals surface area contributed by atoms with E-state index in [9.17, 15) is 4.11 Å². The van der Waals surface area contributed by atoms with Crippen LogP contribution in [0.25, 0.3) is 82.8 Å². The van der Waals surface area contributed by atoms with Gasteiger partial charge in [0.2, 0.25) is 0 Å². The summed E-state index contributed by atoms with van der Waals surface area (Å²) in [5.41, 5.74) is 8.64. The SMILES string of the molecule is [2H]c1c([2H])c([2H])c2c(c1[2H])-c1c([2H])c([2H])c(-c3c4ccccc4c(-c4ccc(-c5ccc(-n6c(CC)nc7ccccc76)cc5)cc4)c4ccccc34)c([2H])c1C2(C)C. The quantitative estimate of drug-likeness (QED) is 0.166. The molecule has 1 heterocycles. The number of fused-ring (bicyclic) bond motifs is 6. The Hall–Kier alpha value is -6.25. The Labute approximate surface area is 314 Å². The summed E-state index contributed by atoms with van der Waals surface area (Å²) in [6, 6.07) is 40.1. The lowest BCUT2D eigenvalue weighted by Gasteiger charge is -2.23. The van der Waals surface area contributed by atoms with Gasteiger partial charge in [-0.2, -0.15) is 0 Å². The Bertz CT molecular complexity index is 3180. The molecule has 8 aromatic carbocycles. The van der Waals surface area contributed by atoms with E-state index in [0.29, 0.717) is 22.3 Å². The first-order chi connectivity index (χ1) is 28.4. The van der Waals surface area contributed by atoms with Gasteiger partial charge in [0.05, 0.1) is 20.6 Å². The minimum absolute atomic E-state index is 0.0598. The zero-order valence-corrected chi connectivity index (χ0v) is 29.1. The summed E-state index contributed by atoms with van der Waals surface area (Å²) in [7, 11) is 0. The van der Waals surface area contributed by atoms with Crippen molar-refractivity contribution in [2.45, 2.75) is 32.6 Å². The Morgan fingerprint density at radius 2 is 1.10 bits per heavy atom. The predicted molar refractivity (Wildman–Crippen MR) is 219 cm³/mol. The standard InChI is InChI=1S/C50H38N2/c1-4-47-51-45-19-11-12-20-46(45)52(47)36-28-25-33(26-29-36)32-21-23-34(24-22-32)48-39-14-5-7-16-41(39)49(42-17-8-6-15-40(42)48)35-27-30-38-37-13-9-10-18-43(37)50(2,3)44(38)31-35/h5-31H,4H2,1-3H3/i9D,10D,13D,18D,27D,30D,31D. The molecule has 0 bridgehead atoms. The predicted octanol–water partition coefficient (Wildman–Crippen LogP) is 13.2. The summed E-state index contributed by atoms with van der Waals surface area (Å²) in [5, 5.41) is 3.59. The van der Waals surface area contributed by atoms with Crippen LogP contribution in [0.15, 0.2) is 164 Å². The van der Waals surface area contributed by atoms with Crippen molar-refractivity contribution < 1.29 is 9.60 Å². The fraction of sp³-hybridized carbons (Fsp3) is 0.100. The lowest BCUT2D eigenvalue weighted by molar-refractivity contribution is 0.660. The van der Waals surface area contributed by atoms with Gasteiger partial charge in [-0.1, -0.05) is 154 Å². The first-order valence-electron chi connectivity index (χ1n) is 21.3. The van der Waals surface area contributed by atoms with Crippen molar-refractivity contribution in [3.05, 3.63) is 181 Å². The van der Waals surface area contributed by atoms with Crippen LogP contribution in [0.4, 0.5) is 0 Å². The highest BCUT2D eigenvalue weighted by Crippen LogP contribution is 2.51. The van der Waals surface area contributed by atoms with Crippen molar-refractivity contribution in [2.24, 2.45) is 0 Å². The van der Waals surface area contributed by atoms with E-state index in [2.05, 4.69) is 84.3 Å². The molecule has 0 aliphatic heterocycles. The van der Waals surface area contributed by atoms with Gasteiger partial charge in [0.1, 0.15) is 5.82 Å². The van der Waals surface area contributed by atoms with E-state index in [0.717, 1.165) is 72.8 Å². The molecule has 0 saturated carbocycles. The zero-order valence-electron chi connectivity index (χ0n) is 36.1. The van der Waals surface area contributed by atoms with Crippen molar-refractivity contribution in [1.29, 1.82) is 0 Å². The number of hydrogen-bond donors (Lipinski definition) is 0. The van der Waals surface area contributed by atoms with E-state index in [1.807, 2.05) is 62.4 Å². The molecule has 0 unspecified atom stereocenters. The lowest BCUT2D eigenvalue weighted by Crippen LogP contribution is -2.14. The summed E-state index contributed by atoms with van der Waals surface area (Å²) < 4.78 is 65.5. The molecule has 2 nitrogen and oxygen atoms in total. The molecule has 0 radical (unpaired) electrons. The number of aryl methyl sites for hydroxylation is 1. The highest BCUT2D eigenvalue weighted by atomic mass is 15.1. The molecular weight excluding hydrogens is 629 g/mol. The van der Waals surface area contributed by atoms with Crippen LogP contribution < -0.4 is 0 Å². The van der Waals surface area contributed by atoms with Gasteiger partial charge < -0.3 is 0 Å². The van der Waals surface area contributed by atoms with E-state index in [4.69, 9.17) is 10.5 Å². The number of aromatic nitrogens is 2. The molecule has 0 saturated heterocycles. The number of rotatable bonds is 5. The van der Waals surface area contributed by atoms with Crippen molar-refractivity contribution in [1.82, 2.24) is 9.55 Å². The average Bonchev–Trinajstić information content (AvgIpc) is 3.76. The van der Waals surface area contributed by atoms with E-state index in [-0.39, 0.29) is 53.4 Å². The second-order valence-electron chi connectivity index (χ2n) is 14.0. The molecule has 1 aliphatic rings. The molecule has 2 heteroatoms. The minimum Gasteiger partial charge on any atom is -0.296 e. The van der Waals surface area contributed by atoms with E-state index < -0.39 is 5.41 Å². The zero-order chi connectivity index (χ0) is 41.1. The van der Waals surface area contributed by atoms with E-state index in [1.165, 1.54) is 0 Å². The fourth-order valence-corrected chi connectivity index (χ4v) is 8.22. The van der Waals surface area contributed by atoms with Gasteiger partial charge in [-0.15, -0.1) is 0 Å². The van der Waals surface area contributed by atoms with Crippen LogP contribution in [0.3, 0.4) is 0 Å². The highest BCUT2D eigenvalue weighted by molar-refractivity contribution is 6.21. The van der Waals surface area contributed by atoms with Gasteiger partial charge in [0.15, 0.2) is 0 Å². The Morgan fingerprint density at radius 1 is 0.558 bits per heavy atom. The first-order valence-corrected chi connectivity index (χ1v) is 17.8. The first kappa shape index (κ1) is 24.0. The fourth-order valence-electron chi connectivity index (χ4n) is 8.22. The largest absolute Gasteiger partial charge is 0.296 e. The summed E-state index contributed by atoms with van der Waals surface area (Å²) >= 11 is 0. The topological polar surface area (TPSA) is 17.8 Å². The van der Waals surface area contributed by atoms with Crippen molar-refractivity contribution >= 4 is 32.6 Å². The van der Waals surface area contributed by atoms with Crippen LogP contribution >= 0.6 is 0 Å². The maximum absolute atomic E-state index is 9.84. The second kappa shape index (κ2) is 11.6. The molecule has 0 atom stereocenters. The monoisotopic (exact) mass is 673 g/mol. The van der Waals surface area contributed by atoms with Crippen LogP contribution in [-0.2, 0) is 11.8 Å². The third kappa shape index (κ3) is 4.54. The van der Waals surface area contributed by atoms with Crippen LogP contribution in [0.1, 0.15) is 47.3 Å². The molecule has 10 rings (SSSR count). The maximum atomic E-state index is 9.84. The van der Waals surface area contributed by atoms with Crippen molar-refractivity contribution in [3.63, 3.8) is 0 Å². The Kier molecular flexibility index (Phi) is 5.38. The molecule has 0 fully saturated rings. The van der Waals surface area contributed by atoms with Crippen LogP contribution in [-0.4, -0.2) is 9.55 Å². The van der Waals surface area contributed by atoms with E-state index in [1.54, 1.807) is 0 Å². The molecule has 1 aromatic heterocycles. The number of para-hydroxylation sites is 2. The maximum Gasteiger partial charge on any atom is 0.114 e. The summed E-state index contributed by atoms with van der Waals surface area (Å²) in [5.74, 6) is 1.02. The van der Waals surface area contributed by atoms with Crippen LogP contribution in [0, 0.1) is 0 Å². The Morgan fingerprint density at radius 3 is 1.75 bits per heavy atom. The van der Waals surface area contributed by atoms with E-state index >= 15 is 0 Å². The van der Waals surface area contributed by atoms with Gasteiger partial charge in [-0.3, -0.25) is 4.57 Å². The third-order valence-corrected chi connectivity index (χ3v) is 10.8. The van der Waals surface area contributed by atoms with Gasteiger partial charge in [0, 0.05) is 17.5 Å². The number of nitrogens with zero attached hydrogens (tertiary/aromatic N) is 2. The lowest BCUT2D eigenvalue weighted by atomic mass is 9.80. The van der Waals surface area contributed by atoms with Crippen LogP contribution in [0.5, 0.6) is 0 Å². The molecule has 0 spiro atoms. The van der Waals surface area contributed by atoms with Gasteiger partial charge in [-0.05, 0) is 107 Å². The molecular formula is C50H38N2. The summed E-state index contributed by atoms with van der Waals surface area (Å²) in [6.07, 6.45) is 0.825. The second-order valence-corrected chi connectivity index (χ2v) is 14.0. The molecule has 9 aromatic rings. The normalized spacial score (nSPS) is 15.0. The molecule has 248 valence electrons. The van der Waals surface area contributed by atoms with Gasteiger partial charge >= 0.3 is 0 Å². The highest BCUT2D eigenvalue weighted by Gasteiger charge is 2.35. The third-order valence-electron chi connectivity index (χ3n) is 10.8. The molecule has 0 amide bonds. The number of hydrogen-bond acceptors (Lipinski definition) is 1. The minimum atomic E-state index is -1.02. The molecule has 0 N–H and O–H groups in total. The number of imidazole rings is 1. The number of benzene rings is 8. The molecule has 52 heavy (non-hydrogen) atoms. The van der Waals surface area contributed by atoms with Crippen molar-refractivity contribution in [2.75, 3.05) is 0 Å². The van der Waals surface area contributed by atoms with Gasteiger partial charge in [0.25, 0.3) is 0 Å². The summed E-state index contributed by atoms with van der Waals surface area (Å²) in [6.45, 7) is 5.83. The van der Waals surface area contributed by atoms with Gasteiger partial charge in [-0.25, -0.2) is 4.98 Å². The summed E-state index contributed by atoms with van der Waals surface area (Å²) in [4.78, 5) is 4.85. The van der Waals surface area contributed by atoms with Crippen LogP contribution in [0.2, 0.25) is 0 Å². The Balaban J connectivity index is 1.12. The van der Waals surface area contributed by atoms with Crippen molar-refractivity contribution in [3.8, 4) is 50.2 Å². The average molecular weight is 674 g/mol.